The molecule has 3 aromatic carbocycles. The summed E-state index contributed by atoms with van der Waals surface area (Å²) < 4.78 is 29.9. The first-order valence-electron chi connectivity index (χ1n) is 12.2. The molecular formula is C28H26FN3O5S. The number of ether oxygens (including phenoxy) is 3. The van der Waals surface area contributed by atoms with Crippen LogP contribution in [-0.4, -0.2) is 40.5 Å². The largest absolute Gasteiger partial charge is 0.494 e. The van der Waals surface area contributed by atoms with E-state index in [1.54, 1.807) is 30.3 Å². The molecule has 5 rings (SSSR count). The van der Waals surface area contributed by atoms with Gasteiger partial charge in [0.2, 0.25) is 18.6 Å². The first-order chi connectivity index (χ1) is 18.5. The lowest BCUT2D eigenvalue weighted by Crippen LogP contribution is -2.44. The number of thioether (sulfide) groups is 1. The van der Waals surface area contributed by atoms with Gasteiger partial charge in [-0.05, 0) is 72.6 Å². The van der Waals surface area contributed by atoms with Crippen molar-refractivity contribution in [2.75, 3.05) is 18.7 Å². The molecule has 1 saturated heterocycles. The van der Waals surface area contributed by atoms with Crippen molar-refractivity contribution < 1.29 is 28.2 Å². The van der Waals surface area contributed by atoms with Gasteiger partial charge in [0.05, 0.1) is 18.8 Å². The van der Waals surface area contributed by atoms with E-state index in [9.17, 15) is 14.0 Å². The number of nitrogens with one attached hydrogen (secondary N) is 1. The molecule has 196 valence electrons. The fourth-order valence-corrected chi connectivity index (χ4v) is 5.02. The van der Waals surface area contributed by atoms with E-state index in [2.05, 4.69) is 10.3 Å². The Labute approximate surface area is 223 Å². The van der Waals surface area contributed by atoms with Gasteiger partial charge in [0.25, 0.3) is 0 Å². The summed E-state index contributed by atoms with van der Waals surface area (Å²) in [5.74, 6) is 1.04. The van der Waals surface area contributed by atoms with Crippen LogP contribution in [0.25, 0.3) is 0 Å². The summed E-state index contributed by atoms with van der Waals surface area (Å²) in [4.78, 5) is 32.6. The third-order valence-electron chi connectivity index (χ3n) is 5.86. The number of amides is 2. The summed E-state index contributed by atoms with van der Waals surface area (Å²) in [7, 11) is 0. The third kappa shape index (κ3) is 6.08. The highest BCUT2D eigenvalue weighted by Crippen LogP contribution is 2.35. The van der Waals surface area contributed by atoms with Crippen molar-refractivity contribution in [1.29, 1.82) is 0 Å². The average molecular weight is 536 g/mol. The van der Waals surface area contributed by atoms with Gasteiger partial charge in [-0.3, -0.25) is 14.5 Å². The molecule has 2 aliphatic rings. The standard InChI is InChI=1S/C28H26FN3O5S/c1-2-13-35-22-10-8-20(9-11-22)30-27(34)25-15-26(33)32(16-18-3-12-23-24(14-18)37-17-36-23)28(38-25)31-21-6-4-19(29)5-7-21/h3-12,14,25H,2,13,15-17H2,1H3,(H,30,34). The lowest BCUT2D eigenvalue weighted by atomic mass is 10.1. The van der Waals surface area contributed by atoms with Gasteiger partial charge in [0.1, 0.15) is 16.8 Å². The predicted octanol–water partition coefficient (Wildman–Crippen LogP) is 5.50. The van der Waals surface area contributed by atoms with E-state index in [-0.39, 0.29) is 37.4 Å². The summed E-state index contributed by atoms with van der Waals surface area (Å²) >= 11 is 1.20. The predicted molar refractivity (Wildman–Crippen MR) is 143 cm³/mol. The Balaban J connectivity index is 1.35. The number of hydrogen-bond acceptors (Lipinski definition) is 7. The molecule has 0 radical (unpaired) electrons. The zero-order valence-corrected chi connectivity index (χ0v) is 21.5. The van der Waals surface area contributed by atoms with Gasteiger partial charge in [0, 0.05) is 12.1 Å². The van der Waals surface area contributed by atoms with Crippen LogP contribution < -0.4 is 19.5 Å². The molecule has 8 nitrogen and oxygen atoms in total. The molecule has 3 aromatic rings. The van der Waals surface area contributed by atoms with Crippen LogP contribution in [0.5, 0.6) is 17.2 Å². The van der Waals surface area contributed by atoms with Crippen molar-refractivity contribution in [1.82, 2.24) is 4.90 Å². The Kier molecular flexibility index (Phi) is 7.78. The van der Waals surface area contributed by atoms with E-state index in [1.165, 1.54) is 40.9 Å². The molecule has 38 heavy (non-hydrogen) atoms. The number of amidine groups is 1. The lowest BCUT2D eigenvalue weighted by molar-refractivity contribution is -0.129. The summed E-state index contributed by atoms with van der Waals surface area (Å²) in [6, 6.07) is 18.2. The molecule has 1 unspecified atom stereocenters. The van der Waals surface area contributed by atoms with Crippen LogP contribution in [0.4, 0.5) is 15.8 Å². The quantitative estimate of drug-likeness (QED) is 0.410. The van der Waals surface area contributed by atoms with E-state index in [4.69, 9.17) is 14.2 Å². The number of fused-ring (bicyclic) bond motifs is 1. The zero-order valence-electron chi connectivity index (χ0n) is 20.7. The molecule has 1 atom stereocenters. The summed E-state index contributed by atoms with van der Waals surface area (Å²) in [5, 5.41) is 2.55. The summed E-state index contributed by atoms with van der Waals surface area (Å²) in [5.41, 5.74) is 1.90. The van der Waals surface area contributed by atoms with Crippen molar-refractivity contribution in [3.05, 3.63) is 78.1 Å². The smallest absolute Gasteiger partial charge is 0.238 e. The molecule has 0 aromatic heterocycles. The van der Waals surface area contributed by atoms with Crippen LogP contribution in [-0.2, 0) is 16.1 Å². The van der Waals surface area contributed by atoms with Gasteiger partial charge >= 0.3 is 0 Å². The molecule has 0 spiro atoms. The van der Waals surface area contributed by atoms with Crippen LogP contribution in [0.3, 0.4) is 0 Å². The molecular weight excluding hydrogens is 509 g/mol. The first kappa shape index (κ1) is 25.6. The monoisotopic (exact) mass is 535 g/mol. The fraction of sp³-hybridized carbons (Fsp3) is 0.250. The van der Waals surface area contributed by atoms with E-state index < -0.39 is 5.25 Å². The van der Waals surface area contributed by atoms with Crippen LogP contribution >= 0.6 is 11.8 Å². The number of carbonyl (C=O) groups excluding carboxylic acids is 2. The lowest BCUT2D eigenvalue weighted by Gasteiger charge is -2.32. The molecule has 1 fully saturated rings. The Bertz CT molecular complexity index is 1350. The van der Waals surface area contributed by atoms with Gasteiger partial charge in [-0.25, -0.2) is 9.38 Å². The minimum Gasteiger partial charge on any atom is -0.494 e. The van der Waals surface area contributed by atoms with E-state index in [0.29, 0.717) is 34.6 Å². The van der Waals surface area contributed by atoms with Gasteiger partial charge in [-0.2, -0.15) is 0 Å². The van der Waals surface area contributed by atoms with Gasteiger partial charge < -0.3 is 19.5 Å². The van der Waals surface area contributed by atoms with Crippen molar-refractivity contribution >= 4 is 40.1 Å². The molecule has 0 saturated carbocycles. The zero-order chi connectivity index (χ0) is 26.5. The first-order valence-corrected chi connectivity index (χ1v) is 13.1. The maximum Gasteiger partial charge on any atom is 0.238 e. The van der Waals surface area contributed by atoms with Gasteiger partial charge in [-0.1, -0.05) is 24.8 Å². The van der Waals surface area contributed by atoms with Crippen molar-refractivity contribution in [3.8, 4) is 17.2 Å². The Morgan fingerprint density at radius 1 is 1.11 bits per heavy atom. The number of carbonyl (C=O) groups is 2. The normalized spacial score (nSPS) is 17.5. The fourth-order valence-electron chi connectivity index (χ4n) is 3.92. The maximum atomic E-state index is 13.5. The highest BCUT2D eigenvalue weighted by atomic mass is 32.2. The second kappa shape index (κ2) is 11.6. The Hall–Kier alpha value is -4.05. The minimum atomic E-state index is -0.689. The number of benzene rings is 3. The van der Waals surface area contributed by atoms with Crippen LogP contribution in [0.1, 0.15) is 25.3 Å². The molecule has 2 aliphatic heterocycles. The second-order valence-corrected chi connectivity index (χ2v) is 9.88. The summed E-state index contributed by atoms with van der Waals surface area (Å²) in [6.45, 7) is 3.03. The second-order valence-electron chi connectivity index (χ2n) is 8.71. The third-order valence-corrected chi connectivity index (χ3v) is 7.04. The van der Waals surface area contributed by atoms with Crippen LogP contribution in [0.15, 0.2) is 71.7 Å². The molecule has 10 heteroatoms. The van der Waals surface area contributed by atoms with E-state index in [0.717, 1.165) is 17.7 Å². The number of rotatable bonds is 8. The number of aliphatic imine (C=N–C) groups is 1. The number of hydrogen-bond donors (Lipinski definition) is 1. The SMILES string of the molecule is CCCOc1ccc(NC(=O)C2CC(=O)N(Cc3ccc4c(c3)OCO4)C(=Nc3ccc(F)cc3)S2)cc1. The van der Waals surface area contributed by atoms with E-state index in [1.807, 2.05) is 19.1 Å². The van der Waals surface area contributed by atoms with Crippen LogP contribution in [0.2, 0.25) is 0 Å². The molecule has 0 aliphatic carbocycles. The van der Waals surface area contributed by atoms with E-state index >= 15 is 0 Å². The van der Waals surface area contributed by atoms with Gasteiger partial charge in [-0.15, -0.1) is 0 Å². The highest BCUT2D eigenvalue weighted by molar-refractivity contribution is 8.15. The average Bonchev–Trinajstić information content (AvgIpc) is 3.39. The molecule has 2 amide bonds. The Morgan fingerprint density at radius 3 is 2.63 bits per heavy atom. The minimum absolute atomic E-state index is 0.00117. The van der Waals surface area contributed by atoms with Crippen molar-refractivity contribution in [2.45, 2.75) is 31.6 Å². The number of nitrogens with zero attached hydrogens (tertiary/aromatic N) is 2. The highest BCUT2D eigenvalue weighted by Gasteiger charge is 2.36. The molecule has 0 bridgehead atoms. The molecule has 2 heterocycles. The number of anilines is 1. The molecule has 1 N–H and O–H groups in total. The number of halogens is 1. The van der Waals surface area contributed by atoms with Gasteiger partial charge in [0.15, 0.2) is 16.7 Å². The van der Waals surface area contributed by atoms with Crippen molar-refractivity contribution in [2.24, 2.45) is 4.99 Å². The summed E-state index contributed by atoms with van der Waals surface area (Å²) in [6.07, 6.45) is 0.903. The maximum absolute atomic E-state index is 13.5. The Morgan fingerprint density at radius 2 is 1.87 bits per heavy atom. The van der Waals surface area contributed by atoms with Crippen molar-refractivity contribution in [3.63, 3.8) is 0 Å². The topological polar surface area (TPSA) is 89.5 Å². The van der Waals surface area contributed by atoms with Crippen LogP contribution in [0, 0.1) is 5.82 Å².